The summed E-state index contributed by atoms with van der Waals surface area (Å²) in [6.45, 7) is 2.10. The maximum atomic E-state index is 3.81. The fourth-order valence-corrected chi connectivity index (χ4v) is 0.933. The monoisotopic (exact) mass is 112 g/mol. The predicted octanol–water partition coefficient (Wildman–Crippen LogP) is 1.51. The molecule has 0 amide bonds. The van der Waals surface area contributed by atoms with Gasteiger partial charge in [-0.1, -0.05) is 6.92 Å². The number of rotatable bonds is 1. The van der Waals surface area contributed by atoms with Crippen molar-refractivity contribution in [3.8, 4) is 0 Å². The molecule has 0 aliphatic rings. The lowest BCUT2D eigenvalue weighted by Crippen LogP contribution is -1.68. The second-order valence-electron chi connectivity index (χ2n) is 1.31. The zero-order valence-corrected chi connectivity index (χ0v) is 4.96. The molecule has 1 heterocycles. The molecule has 2 heteroatoms. The van der Waals surface area contributed by atoms with Gasteiger partial charge in [0.2, 0.25) is 0 Å². The van der Waals surface area contributed by atoms with E-state index < -0.39 is 0 Å². The third-order valence-electron chi connectivity index (χ3n) is 0.818. The third-order valence-corrected chi connectivity index (χ3v) is 1.40. The van der Waals surface area contributed by atoms with E-state index in [-0.39, 0.29) is 0 Å². The molecule has 0 aliphatic heterocycles. The van der Waals surface area contributed by atoms with Crippen LogP contribution in [-0.2, 0) is 6.42 Å². The molecule has 1 aromatic rings. The molecule has 1 aromatic heterocycles. The molecule has 1 radical (unpaired) electrons. The van der Waals surface area contributed by atoms with E-state index in [0.717, 1.165) is 6.42 Å². The Morgan fingerprint density at radius 1 is 2.00 bits per heavy atom. The van der Waals surface area contributed by atoms with Crippen molar-refractivity contribution >= 4 is 11.5 Å². The summed E-state index contributed by atoms with van der Waals surface area (Å²) >= 11 is 1.46. The number of nitrogens with zero attached hydrogens (tertiary/aromatic N) is 1. The van der Waals surface area contributed by atoms with Crippen LogP contribution in [0.1, 0.15) is 12.5 Å². The second-order valence-corrected chi connectivity index (χ2v) is 1.93. The van der Waals surface area contributed by atoms with Crippen LogP contribution in [0.4, 0.5) is 0 Å². The van der Waals surface area contributed by atoms with Gasteiger partial charge in [0.1, 0.15) is 6.20 Å². The molecule has 0 fully saturated rings. The summed E-state index contributed by atoms with van der Waals surface area (Å²) in [7, 11) is 0. The van der Waals surface area contributed by atoms with Crippen LogP contribution in [0.15, 0.2) is 5.38 Å². The summed E-state index contributed by atoms with van der Waals surface area (Å²) in [6, 6.07) is 0. The van der Waals surface area contributed by atoms with Crippen LogP contribution in [0.3, 0.4) is 0 Å². The summed E-state index contributed by atoms with van der Waals surface area (Å²) < 4.78 is 3.81. The topological polar surface area (TPSA) is 12.9 Å². The van der Waals surface area contributed by atoms with Crippen LogP contribution in [0.25, 0.3) is 0 Å². The van der Waals surface area contributed by atoms with Gasteiger partial charge >= 0.3 is 0 Å². The van der Waals surface area contributed by atoms with Crippen LogP contribution in [0, 0.1) is 6.20 Å². The van der Waals surface area contributed by atoms with E-state index in [1.807, 2.05) is 5.38 Å². The molecule has 0 aliphatic carbocycles. The predicted molar refractivity (Wildman–Crippen MR) is 30.3 cm³/mol. The molecule has 7 heavy (non-hydrogen) atoms. The number of hydrogen-bond acceptors (Lipinski definition) is 2. The normalized spacial score (nSPS) is 9.29. The molecular weight excluding hydrogens is 106 g/mol. The number of aromatic nitrogens is 1. The lowest BCUT2D eigenvalue weighted by molar-refractivity contribution is 1.14. The van der Waals surface area contributed by atoms with Crippen molar-refractivity contribution in [3.63, 3.8) is 0 Å². The van der Waals surface area contributed by atoms with Gasteiger partial charge in [0, 0.05) is 5.38 Å². The standard InChI is InChI=1S/C5H6NS/c1-2-5-3-6-7-4-5/h4H,2H2,1H3. The van der Waals surface area contributed by atoms with Crippen LogP contribution >= 0.6 is 11.5 Å². The molecule has 0 N–H and O–H groups in total. The minimum atomic E-state index is 1.05. The first-order valence-electron chi connectivity index (χ1n) is 2.24. The van der Waals surface area contributed by atoms with Crippen molar-refractivity contribution in [3.05, 3.63) is 17.1 Å². The Morgan fingerprint density at radius 3 is 3.14 bits per heavy atom. The van der Waals surface area contributed by atoms with Crippen LogP contribution < -0.4 is 0 Å². The lowest BCUT2D eigenvalue weighted by atomic mass is 10.3. The maximum absolute atomic E-state index is 3.81. The maximum Gasteiger partial charge on any atom is 0.107 e. The minimum absolute atomic E-state index is 1.05. The number of aryl methyl sites for hydroxylation is 1. The van der Waals surface area contributed by atoms with Crippen LogP contribution in [0.5, 0.6) is 0 Å². The van der Waals surface area contributed by atoms with Gasteiger partial charge < -0.3 is 0 Å². The summed E-state index contributed by atoms with van der Waals surface area (Å²) in [5, 5.41) is 2.01. The van der Waals surface area contributed by atoms with E-state index >= 15 is 0 Å². The summed E-state index contributed by atoms with van der Waals surface area (Å²) in [6.07, 6.45) is 3.91. The average molecular weight is 112 g/mol. The molecule has 37 valence electrons. The third kappa shape index (κ3) is 0.996. The highest BCUT2D eigenvalue weighted by molar-refractivity contribution is 7.03. The van der Waals surface area contributed by atoms with Gasteiger partial charge in [0.05, 0.1) is 0 Å². The molecule has 0 aromatic carbocycles. The van der Waals surface area contributed by atoms with E-state index in [9.17, 15) is 0 Å². The number of hydrogen-bond donors (Lipinski definition) is 0. The minimum Gasteiger partial charge on any atom is -0.191 e. The van der Waals surface area contributed by atoms with E-state index in [0.29, 0.717) is 0 Å². The summed E-state index contributed by atoms with van der Waals surface area (Å²) in [4.78, 5) is 0. The Morgan fingerprint density at radius 2 is 2.86 bits per heavy atom. The first-order chi connectivity index (χ1) is 3.43. The molecule has 0 spiro atoms. The van der Waals surface area contributed by atoms with Gasteiger partial charge in [-0.2, -0.15) is 4.37 Å². The van der Waals surface area contributed by atoms with E-state index in [1.54, 1.807) is 0 Å². The van der Waals surface area contributed by atoms with Gasteiger partial charge in [-0.3, -0.25) is 0 Å². The van der Waals surface area contributed by atoms with Crippen molar-refractivity contribution in [2.24, 2.45) is 0 Å². The smallest absolute Gasteiger partial charge is 0.107 e. The Hall–Kier alpha value is -0.370. The van der Waals surface area contributed by atoms with Gasteiger partial charge in [0.25, 0.3) is 0 Å². The highest BCUT2D eigenvalue weighted by Gasteiger charge is 1.85. The van der Waals surface area contributed by atoms with Crippen LogP contribution in [-0.4, -0.2) is 4.37 Å². The largest absolute Gasteiger partial charge is 0.191 e. The molecule has 0 saturated heterocycles. The molecule has 0 bridgehead atoms. The SMILES string of the molecule is CCc1[c]nsc1. The fraction of sp³-hybridized carbons (Fsp3) is 0.400. The highest BCUT2D eigenvalue weighted by Crippen LogP contribution is 1.99. The fourth-order valence-electron chi connectivity index (χ4n) is 0.364. The van der Waals surface area contributed by atoms with Gasteiger partial charge in [-0.05, 0) is 23.5 Å². The molecular formula is C5H6NS. The van der Waals surface area contributed by atoms with E-state index in [2.05, 4.69) is 17.5 Å². The lowest BCUT2D eigenvalue weighted by Gasteiger charge is -1.75. The van der Waals surface area contributed by atoms with Crippen molar-refractivity contribution in [2.45, 2.75) is 13.3 Å². The Labute approximate surface area is 47.2 Å². The van der Waals surface area contributed by atoms with Crippen molar-refractivity contribution < 1.29 is 0 Å². The zero-order chi connectivity index (χ0) is 5.11. The molecule has 1 nitrogen and oxygen atoms in total. The van der Waals surface area contributed by atoms with Crippen LogP contribution in [0.2, 0.25) is 0 Å². The van der Waals surface area contributed by atoms with E-state index in [1.165, 1.54) is 17.1 Å². The summed E-state index contributed by atoms with van der Waals surface area (Å²) in [5.41, 5.74) is 1.21. The molecule has 0 saturated carbocycles. The molecule has 1 rings (SSSR count). The highest BCUT2D eigenvalue weighted by atomic mass is 32.1. The Bertz CT molecular complexity index is 123. The quantitative estimate of drug-likeness (QED) is 0.536. The average Bonchev–Trinajstić information content (AvgIpc) is 2.14. The Balaban J connectivity index is 2.76. The zero-order valence-electron chi connectivity index (χ0n) is 4.14. The van der Waals surface area contributed by atoms with Crippen molar-refractivity contribution in [1.29, 1.82) is 0 Å². The van der Waals surface area contributed by atoms with Gasteiger partial charge in [-0.25, -0.2) is 0 Å². The van der Waals surface area contributed by atoms with Gasteiger partial charge in [-0.15, -0.1) is 0 Å². The van der Waals surface area contributed by atoms with Gasteiger partial charge in [0.15, 0.2) is 0 Å². The first kappa shape index (κ1) is 4.78. The summed E-state index contributed by atoms with van der Waals surface area (Å²) in [5.74, 6) is 0. The van der Waals surface area contributed by atoms with E-state index in [4.69, 9.17) is 0 Å². The second kappa shape index (κ2) is 2.07. The van der Waals surface area contributed by atoms with Crippen molar-refractivity contribution in [2.75, 3.05) is 0 Å². The molecule has 0 unspecified atom stereocenters. The van der Waals surface area contributed by atoms with Crippen molar-refractivity contribution in [1.82, 2.24) is 4.37 Å². The first-order valence-corrected chi connectivity index (χ1v) is 3.08. The Kier molecular flexibility index (Phi) is 1.42. The molecule has 0 atom stereocenters.